The quantitative estimate of drug-likeness (QED) is 0.787. The van der Waals surface area contributed by atoms with Gasteiger partial charge in [0.2, 0.25) is 0 Å². The van der Waals surface area contributed by atoms with E-state index in [0.29, 0.717) is 6.61 Å². The Morgan fingerprint density at radius 2 is 2.23 bits per heavy atom. The third-order valence-electron chi connectivity index (χ3n) is 2.59. The van der Waals surface area contributed by atoms with Gasteiger partial charge in [0, 0.05) is 18.9 Å². The number of anilines is 1. The number of amides is 1. The SMILES string of the molecule is COCCOc1ccc(NC(=O)c2s[nH]c(=O)c2Cl)cc1F. The molecule has 0 atom stereocenters. The first-order valence-electron chi connectivity index (χ1n) is 6.12. The van der Waals surface area contributed by atoms with Crippen LogP contribution in [-0.4, -0.2) is 30.6 Å². The third-order valence-corrected chi connectivity index (χ3v) is 3.94. The molecular formula is C13H12ClFN2O4S. The number of nitrogens with one attached hydrogen (secondary N) is 2. The molecule has 0 radical (unpaired) electrons. The van der Waals surface area contributed by atoms with Crippen LogP contribution >= 0.6 is 23.1 Å². The van der Waals surface area contributed by atoms with Crippen LogP contribution in [-0.2, 0) is 4.74 Å². The van der Waals surface area contributed by atoms with Crippen LogP contribution in [0.25, 0.3) is 0 Å². The van der Waals surface area contributed by atoms with Gasteiger partial charge in [0.25, 0.3) is 11.5 Å². The standard InChI is InChI=1S/C13H12ClFN2O4S/c1-20-4-5-21-9-3-2-7(6-8(9)15)16-13(19)11-10(14)12(18)17-22-11/h2-3,6H,4-5H2,1H3,(H,16,19)(H,17,18). The molecule has 2 aromatic rings. The van der Waals surface area contributed by atoms with E-state index in [1.165, 1.54) is 19.2 Å². The van der Waals surface area contributed by atoms with Crippen LogP contribution in [0.5, 0.6) is 5.75 Å². The molecule has 9 heteroatoms. The summed E-state index contributed by atoms with van der Waals surface area (Å²) < 4.78 is 26.1. The Labute approximate surface area is 134 Å². The molecule has 0 aliphatic carbocycles. The number of carbonyl (C=O) groups excluding carboxylic acids is 1. The Morgan fingerprint density at radius 3 is 2.82 bits per heavy atom. The molecule has 22 heavy (non-hydrogen) atoms. The minimum absolute atomic E-state index is 0.0347. The molecule has 2 rings (SSSR count). The fraction of sp³-hybridized carbons (Fsp3) is 0.231. The maximum atomic E-state index is 13.8. The lowest BCUT2D eigenvalue weighted by Crippen LogP contribution is -2.12. The van der Waals surface area contributed by atoms with Crippen molar-refractivity contribution < 1.29 is 18.7 Å². The van der Waals surface area contributed by atoms with E-state index in [9.17, 15) is 14.0 Å². The zero-order chi connectivity index (χ0) is 16.1. The van der Waals surface area contributed by atoms with Gasteiger partial charge in [-0.15, -0.1) is 0 Å². The summed E-state index contributed by atoms with van der Waals surface area (Å²) >= 11 is 6.51. The van der Waals surface area contributed by atoms with Crippen LogP contribution in [0.15, 0.2) is 23.0 Å². The van der Waals surface area contributed by atoms with Crippen molar-refractivity contribution in [2.45, 2.75) is 0 Å². The summed E-state index contributed by atoms with van der Waals surface area (Å²) in [5, 5.41) is 2.26. The van der Waals surface area contributed by atoms with Gasteiger partial charge in [-0.3, -0.25) is 14.0 Å². The number of hydrogen-bond acceptors (Lipinski definition) is 5. The minimum Gasteiger partial charge on any atom is -0.488 e. The average Bonchev–Trinajstić information content (AvgIpc) is 2.81. The number of halogens is 2. The summed E-state index contributed by atoms with van der Waals surface area (Å²) in [6.45, 7) is 0.550. The minimum atomic E-state index is -0.623. The zero-order valence-electron chi connectivity index (χ0n) is 11.4. The molecule has 118 valence electrons. The number of H-pyrrole nitrogens is 1. The van der Waals surface area contributed by atoms with E-state index in [1.807, 2.05) is 0 Å². The third kappa shape index (κ3) is 3.85. The first kappa shape index (κ1) is 16.5. The summed E-state index contributed by atoms with van der Waals surface area (Å²) in [6.07, 6.45) is 0. The molecule has 0 bridgehead atoms. The van der Waals surface area contributed by atoms with Gasteiger partial charge in [-0.1, -0.05) is 23.1 Å². The highest BCUT2D eigenvalue weighted by molar-refractivity contribution is 7.08. The molecule has 1 aromatic heterocycles. The van der Waals surface area contributed by atoms with Crippen molar-refractivity contribution in [3.63, 3.8) is 0 Å². The summed E-state index contributed by atoms with van der Waals surface area (Å²) in [6, 6.07) is 3.98. The Morgan fingerprint density at radius 1 is 1.45 bits per heavy atom. The fourth-order valence-corrected chi connectivity index (χ4v) is 2.48. The van der Waals surface area contributed by atoms with Gasteiger partial charge in [-0.2, -0.15) is 0 Å². The Hall–Kier alpha value is -1.90. The molecular weight excluding hydrogens is 335 g/mol. The van der Waals surface area contributed by atoms with Gasteiger partial charge in [0.05, 0.1) is 6.61 Å². The molecule has 1 amide bonds. The predicted molar refractivity (Wildman–Crippen MR) is 81.7 cm³/mol. The average molecular weight is 347 g/mol. The van der Waals surface area contributed by atoms with Gasteiger partial charge in [-0.25, -0.2) is 4.39 Å². The monoisotopic (exact) mass is 346 g/mol. The second kappa shape index (κ2) is 7.39. The lowest BCUT2D eigenvalue weighted by Gasteiger charge is -2.09. The van der Waals surface area contributed by atoms with Crippen molar-refractivity contribution in [1.29, 1.82) is 0 Å². The number of aromatic nitrogens is 1. The maximum Gasteiger partial charge on any atom is 0.277 e. The molecule has 0 aliphatic heterocycles. The summed E-state index contributed by atoms with van der Waals surface area (Å²) in [4.78, 5) is 23.2. The van der Waals surface area contributed by atoms with E-state index < -0.39 is 17.3 Å². The molecule has 6 nitrogen and oxygen atoms in total. The number of methoxy groups -OCH3 is 1. The smallest absolute Gasteiger partial charge is 0.277 e. The van der Waals surface area contributed by atoms with E-state index >= 15 is 0 Å². The lowest BCUT2D eigenvalue weighted by atomic mass is 10.3. The summed E-state index contributed by atoms with van der Waals surface area (Å²) in [5.74, 6) is -1.16. The normalized spacial score (nSPS) is 10.5. The Bertz CT molecular complexity index is 731. The number of rotatable bonds is 6. The van der Waals surface area contributed by atoms with E-state index in [4.69, 9.17) is 21.1 Å². The van der Waals surface area contributed by atoms with Crippen LogP contribution in [0, 0.1) is 5.82 Å². The topological polar surface area (TPSA) is 80.4 Å². The van der Waals surface area contributed by atoms with Crippen molar-refractivity contribution in [2.75, 3.05) is 25.6 Å². The molecule has 0 spiro atoms. The number of benzene rings is 1. The van der Waals surface area contributed by atoms with Crippen molar-refractivity contribution in [2.24, 2.45) is 0 Å². The molecule has 0 unspecified atom stereocenters. The predicted octanol–water partition coefficient (Wildman–Crippen LogP) is 2.51. The second-order valence-electron chi connectivity index (χ2n) is 4.12. The van der Waals surface area contributed by atoms with Crippen LogP contribution < -0.4 is 15.6 Å². The number of ether oxygens (including phenoxy) is 2. The second-order valence-corrected chi connectivity index (χ2v) is 5.31. The van der Waals surface area contributed by atoms with Gasteiger partial charge in [0.15, 0.2) is 11.6 Å². The van der Waals surface area contributed by atoms with Gasteiger partial charge in [-0.05, 0) is 12.1 Å². The van der Waals surface area contributed by atoms with Crippen LogP contribution in [0.3, 0.4) is 0 Å². The van der Waals surface area contributed by atoms with Gasteiger partial charge >= 0.3 is 0 Å². The van der Waals surface area contributed by atoms with Crippen molar-refractivity contribution in [1.82, 2.24) is 4.37 Å². The number of aromatic amines is 1. The fourth-order valence-electron chi connectivity index (χ4n) is 1.55. The van der Waals surface area contributed by atoms with Crippen molar-refractivity contribution in [3.8, 4) is 5.75 Å². The highest BCUT2D eigenvalue weighted by atomic mass is 35.5. The molecule has 0 aliphatic rings. The van der Waals surface area contributed by atoms with Gasteiger partial charge < -0.3 is 14.8 Å². The summed E-state index contributed by atoms with van der Waals surface area (Å²) in [7, 11) is 1.51. The molecule has 2 N–H and O–H groups in total. The van der Waals surface area contributed by atoms with E-state index in [2.05, 4.69) is 9.69 Å². The lowest BCUT2D eigenvalue weighted by molar-refractivity contribution is 0.103. The van der Waals surface area contributed by atoms with E-state index in [1.54, 1.807) is 0 Å². The molecule has 1 aromatic carbocycles. The highest BCUT2D eigenvalue weighted by Gasteiger charge is 2.16. The largest absolute Gasteiger partial charge is 0.488 e. The first-order valence-corrected chi connectivity index (χ1v) is 7.32. The number of carbonyl (C=O) groups is 1. The Balaban J connectivity index is 2.07. The van der Waals surface area contributed by atoms with Crippen LogP contribution in [0.2, 0.25) is 5.02 Å². The van der Waals surface area contributed by atoms with Crippen LogP contribution in [0.1, 0.15) is 9.67 Å². The molecule has 0 saturated heterocycles. The molecule has 1 heterocycles. The Kier molecular flexibility index (Phi) is 5.53. The van der Waals surface area contributed by atoms with Crippen molar-refractivity contribution in [3.05, 3.63) is 44.3 Å². The summed E-state index contributed by atoms with van der Waals surface area (Å²) in [5.41, 5.74) is -0.316. The molecule has 0 fully saturated rings. The first-order chi connectivity index (χ1) is 10.5. The van der Waals surface area contributed by atoms with Crippen molar-refractivity contribution >= 4 is 34.7 Å². The zero-order valence-corrected chi connectivity index (χ0v) is 13.0. The van der Waals surface area contributed by atoms with Gasteiger partial charge in [0.1, 0.15) is 16.5 Å². The van der Waals surface area contributed by atoms with Crippen LogP contribution in [0.4, 0.5) is 10.1 Å². The molecule has 0 saturated carbocycles. The van der Waals surface area contributed by atoms with E-state index in [-0.39, 0.29) is 27.9 Å². The highest BCUT2D eigenvalue weighted by Crippen LogP contribution is 2.23. The number of hydrogen-bond donors (Lipinski definition) is 2. The van der Waals surface area contributed by atoms with E-state index in [0.717, 1.165) is 17.6 Å². The maximum absolute atomic E-state index is 13.8.